The summed E-state index contributed by atoms with van der Waals surface area (Å²) >= 11 is 1.72. The maximum Gasteiger partial charge on any atom is 0.223 e. The highest BCUT2D eigenvalue weighted by molar-refractivity contribution is 7.09. The molecule has 0 radical (unpaired) electrons. The maximum absolute atomic E-state index is 12.5. The molecule has 1 amide bonds. The van der Waals surface area contributed by atoms with Crippen molar-refractivity contribution in [1.82, 2.24) is 14.8 Å². The third-order valence-electron chi connectivity index (χ3n) is 5.84. The number of amides is 1. The van der Waals surface area contributed by atoms with Gasteiger partial charge in [0.25, 0.3) is 0 Å². The average Bonchev–Trinajstić information content (AvgIpc) is 3.21. The quantitative estimate of drug-likeness (QED) is 0.861. The molecule has 5 heteroatoms. The van der Waals surface area contributed by atoms with Crippen LogP contribution in [0, 0.1) is 0 Å². The zero-order chi connectivity index (χ0) is 16.6. The Bertz CT molecular complexity index is 693. The maximum atomic E-state index is 12.5. The predicted molar refractivity (Wildman–Crippen MR) is 95.9 cm³/mol. The molecule has 2 fully saturated rings. The number of hydrogen-bond acceptors (Lipinski definition) is 4. The Labute approximate surface area is 147 Å². The minimum atomic E-state index is -0.0161. The monoisotopic (exact) mass is 341 g/mol. The van der Waals surface area contributed by atoms with Crippen molar-refractivity contribution in [1.29, 1.82) is 0 Å². The van der Waals surface area contributed by atoms with E-state index in [-0.39, 0.29) is 11.4 Å². The molecule has 1 aromatic heterocycles. The fourth-order valence-electron chi connectivity index (χ4n) is 4.40. The zero-order valence-electron chi connectivity index (χ0n) is 14.0. The van der Waals surface area contributed by atoms with Crippen molar-refractivity contribution in [3.8, 4) is 0 Å². The first kappa shape index (κ1) is 15.8. The van der Waals surface area contributed by atoms with E-state index in [9.17, 15) is 4.79 Å². The third-order valence-corrected chi connectivity index (χ3v) is 6.60. The van der Waals surface area contributed by atoms with Gasteiger partial charge in [0.2, 0.25) is 5.91 Å². The van der Waals surface area contributed by atoms with Crippen molar-refractivity contribution in [3.05, 3.63) is 52.5 Å². The van der Waals surface area contributed by atoms with Gasteiger partial charge >= 0.3 is 0 Å². The van der Waals surface area contributed by atoms with E-state index in [0.29, 0.717) is 12.3 Å². The largest absolute Gasteiger partial charge is 0.339 e. The Hall–Kier alpha value is -1.72. The summed E-state index contributed by atoms with van der Waals surface area (Å²) < 4.78 is 0. The Morgan fingerprint density at radius 3 is 2.67 bits per heavy atom. The first-order valence-corrected chi connectivity index (χ1v) is 9.49. The van der Waals surface area contributed by atoms with Gasteiger partial charge in [-0.25, -0.2) is 4.98 Å². The van der Waals surface area contributed by atoms with Crippen molar-refractivity contribution < 1.29 is 4.79 Å². The normalized spacial score (nSPS) is 24.0. The molecule has 1 spiro atoms. The molecule has 126 valence electrons. The molecule has 0 saturated carbocycles. The van der Waals surface area contributed by atoms with Crippen molar-refractivity contribution in [3.63, 3.8) is 0 Å². The number of piperidine rings is 1. The van der Waals surface area contributed by atoms with E-state index in [1.165, 1.54) is 10.6 Å². The molecule has 0 aliphatic carbocycles. The van der Waals surface area contributed by atoms with Crippen LogP contribution in [0.4, 0.5) is 0 Å². The summed E-state index contributed by atoms with van der Waals surface area (Å²) in [7, 11) is 2.00. The molecule has 1 aromatic carbocycles. The number of aromatic nitrogens is 1. The molecule has 1 unspecified atom stereocenters. The summed E-state index contributed by atoms with van der Waals surface area (Å²) in [6.45, 7) is 2.99. The number of benzene rings is 1. The summed E-state index contributed by atoms with van der Waals surface area (Å²) in [4.78, 5) is 21.4. The van der Waals surface area contributed by atoms with Gasteiger partial charge in [-0.1, -0.05) is 30.3 Å². The average molecular weight is 341 g/mol. The number of rotatable bonds is 3. The first-order chi connectivity index (χ1) is 11.7. The second kappa shape index (κ2) is 6.30. The highest BCUT2D eigenvalue weighted by atomic mass is 32.1. The number of carbonyl (C=O) groups excluding carboxylic acids is 1. The smallest absolute Gasteiger partial charge is 0.223 e. The van der Waals surface area contributed by atoms with E-state index in [1.54, 1.807) is 11.3 Å². The third kappa shape index (κ3) is 2.66. The van der Waals surface area contributed by atoms with Crippen LogP contribution in [0.2, 0.25) is 0 Å². The van der Waals surface area contributed by atoms with Crippen LogP contribution in [0.25, 0.3) is 0 Å². The number of likely N-dealkylation sites (N-methyl/N-ethyl adjacent to an activating group) is 1. The number of hydrogen-bond donors (Lipinski definition) is 0. The highest BCUT2D eigenvalue weighted by Gasteiger charge is 2.52. The minimum Gasteiger partial charge on any atom is -0.339 e. The molecular weight excluding hydrogens is 318 g/mol. The molecule has 24 heavy (non-hydrogen) atoms. The van der Waals surface area contributed by atoms with Crippen LogP contribution in [0.5, 0.6) is 0 Å². The van der Waals surface area contributed by atoms with Crippen molar-refractivity contribution in [2.75, 3.05) is 20.1 Å². The van der Waals surface area contributed by atoms with Gasteiger partial charge in [0.1, 0.15) is 5.01 Å². The molecule has 4 rings (SSSR count). The second-order valence-electron chi connectivity index (χ2n) is 6.93. The summed E-state index contributed by atoms with van der Waals surface area (Å²) in [5.74, 6) is 0.607. The van der Waals surface area contributed by atoms with E-state index in [2.05, 4.69) is 34.1 Å². The van der Waals surface area contributed by atoms with Gasteiger partial charge in [0, 0.05) is 44.1 Å². The Morgan fingerprint density at radius 2 is 2.00 bits per heavy atom. The number of likely N-dealkylation sites (tertiary alicyclic amines) is 2. The molecule has 2 saturated heterocycles. The number of nitrogens with zero attached hydrogens (tertiary/aromatic N) is 3. The molecule has 2 aromatic rings. The lowest BCUT2D eigenvalue weighted by molar-refractivity contribution is -0.130. The first-order valence-electron chi connectivity index (χ1n) is 8.61. The van der Waals surface area contributed by atoms with Crippen molar-refractivity contribution >= 4 is 17.2 Å². The SMILES string of the molecule is CN1C(=O)CC(c2ccccc2)C12CCN(Cc1nccs1)CC2. The van der Waals surface area contributed by atoms with Crippen LogP contribution in [-0.2, 0) is 11.3 Å². The van der Waals surface area contributed by atoms with E-state index < -0.39 is 0 Å². The van der Waals surface area contributed by atoms with E-state index in [0.717, 1.165) is 32.5 Å². The Kier molecular flexibility index (Phi) is 4.14. The fourth-order valence-corrected chi connectivity index (χ4v) is 5.06. The van der Waals surface area contributed by atoms with Gasteiger partial charge in [-0.15, -0.1) is 11.3 Å². The van der Waals surface area contributed by atoms with E-state index >= 15 is 0 Å². The van der Waals surface area contributed by atoms with Crippen LogP contribution < -0.4 is 0 Å². The van der Waals surface area contributed by atoms with Crippen LogP contribution >= 0.6 is 11.3 Å². The lowest BCUT2D eigenvalue weighted by atomic mass is 9.74. The predicted octanol–water partition coefficient (Wildman–Crippen LogP) is 3.12. The van der Waals surface area contributed by atoms with Crippen molar-refractivity contribution in [2.24, 2.45) is 0 Å². The van der Waals surface area contributed by atoms with Crippen LogP contribution in [0.1, 0.15) is 35.8 Å². The lowest BCUT2D eigenvalue weighted by Crippen LogP contribution is -2.53. The molecule has 1 atom stereocenters. The summed E-state index contributed by atoms with van der Waals surface area (Å²) in [5.41, 5.74) is 1.29. The standard InChI is InChI=1S/C19H23N3OS/c1-21-18(23)13-16(15-5-3-2-4-6-15)19(21)7-10-22(11-8-19)14-17-20-9-12-24-17/h2-6,9,12,16H,7-8,10-11,13-14H2,1H3. The minimum absolute atomic E-state index is 0.0161. The van der Waals surface area contributed by atoms with Crippen LogP contribution in [-0.4, -0.2) is 46.4 Å². The molecule has 0 bridgehead atoms. The molecule has 3 heterocycles. The van der Waals surface area contributed by atoms with Gasteiger partial charge in [0.15, 0.2) is 0 Å². The molecule has 2 aliphatic rings. The van der Waals surface area contributed by atoms with E-state index in [4.69, 9.17) is 0 Å². The Balaban J connectivity index is 1.53. The van der Waals surface area contributed by atoms with Gasteiger partial charge in [-0.05, 0) is 18.4 Å². The molecule has 2 aliphatic heterocycles. The van der Waals surface area contributed by atoms with E-state index in [1.807, 2.05) is 29.6 Å². The van der Waals surface area contributed by atoms with Gasteiger partial charge in [-0.3, -0.25) is 9.69 Å². The van der Waals surface area contributed by atoms with Crippen LogP contribution in [0.15, 0.2) is 41.9 Å². The number of carbonyl (C=O) groups is 1. The summed E-state index contributed by atoms with van der Waals surface area (Å²) in [5, 5.41) is 3.22. The topological polar surface area (TPSA) is 36.4 Å². The summed E-state index contributed by atoms with van der Waals surface area (Å²) in [6, 6.07) is 10.6. The molecule has 0 N–H and O–H groups in total. The highest BCUT2D eigenvalue weighted by Crippen LogP contribution is 2.48. The zero-order valence-corrected chi connectivity index (χ0v) is 14.8. The van der Waals surface area contributed by atoms with Gasteiger partial charge in [0.05, 0.1) is 12.1 Å². The Morgan fingerprint density at radius 1 is 1.25 bits per heavy atom. The second-order valence-corrected chi connectivity index (χ2v) is 7.90. The van der Waals surface area contributed by atoms with Gasteiger partial charge in [-0.2, -0.15) is 0 Å². The van der Waals surface area contributed by atoms with Crippen LogP contribution in [0.3, 0.4) is 0 Å². The summed E-state index contributed by atoms with van der Waals surface area (Å²) in [6.07, 6.45) is 4.60. The molecular formula is C19H23N3OS. The van der Waals surface area contributed by atoms with Crippen molar-refractivity contribution in [2.45, 2.75) is 37.3 Å². The number of thiazole rings is 1. The lowest BCUT2D eigenvalue weighted by Gasteiger charge is -2.46. The molecule has 4 nitrogen and oxygen atoms in total. The van der Waals surface area contributed by atoms with Gasteiger partial charge < -0.3 is 4.90 Å². The fraction of sp³-hybridized carbons (Fsp3) is 0.474.